The third-order valence-electron chi connectivity index (χ3n) is 2.66. The van der Waals surface area contributed by atoms with Gasteiger partial charge in [0.1, 0.15) is 5.75 Å². The van der Waals surface area contributed by atoms with Crippen LogP contribution in [0.5, 0.6) is 5.75 Å². The number of aryl methyl sites for hydroxylation is 1. The number of hydrogen-bond donors (Lipinski definition) is 1. The third kappa shape index (κ3) is 3.22. The standard InChI is InChI=1S/C14H20O3/c1-9-6-10(8-12(15)16)13(17-5)11(7-9)14(2,3)4/h6-7H,8H2,1-5H3,(H,15,16). The van der Waals surface area contributed by atoms with Crippen LogP contribution >= 0.6 is 0 Å². The number of rotatable bonds is 3. The van der Waals surface area contributed by atoms with E-state index < -0.39 is 5.97 Å². The minimum Gasteiger partial charge on any atom is -0.496 e. The highest BCUT2D eigenvalue weighted by molar-refractivity contribution is 5.72. The number of benzene rings is 1. The summed E-state index contributed by atoms with van der Waals surface area (Å²) < 4.78 is 5.40. The maximum Gasteiger partial charge on any atom is 0.307 e. The zero-order valence-corrected chi connectivity index (χ0v) is 11.1. The van der Waals surface area contributed by atoms with Crippen LogP contribution in [0.1, 0.15) is 37.5 Å². The summed E-state index contributed by atoms with van der Waals surface area (Å²) in [7, 11) is 1.59. The Kier molecular flexibility index (Phi) is 3.81. The predicted octanol–water partition coefficient (Wildman–Crippen LogP) is 2.93. The highest BCUT2D eigenvalue weighted by Crippen LogP contribution is 2.35. The number of carboxylic acids is 1. The normalized spacial score (nSPS) is 11.4. The molecular weight excluding hydrogens is 216 g/mol. The van der Waals surface area contributed by atoms with Crippen LogP contribution in [-0.2, 0) is 16.6 Å². The summed E-state index contributed by atoms with van der Waals surface area (Å²) in [6, 6.07) is 3.94. The summed E-state index contributed by atoms with van der Waals surface area (Å²) in [5.74, 6) is -0.140. The van der Waals surface area contributed by atoms with Gasteiger partial charge in [0.05, 0.1) is 13.5 Å². The van der Waals surface area contributed by atoms with Gasteiger partial charge in [0.15, 0.2) is 0 Å². The van der Waals surface area contributed by atoms with Crippen molar-refractivity contribution >= 4 is 5.97 Å². The highest BCUT2D eigenvalue weighted by Gasteiger charge is 2.22. The van der Waals surface area contributed by atoms with Crippen molar-refractivity contribution in [1.29, 1.82) is 0 Å². The number of aliphatic carboxylic acids is 1. The topological polar surface area (TPSA) is 46.5 Å². The molecule has 0 amide bonds. The fraction of sp³-hybridized carbons (Fsp3) is 0.500. The van der Waals surface area contributed by atoms with E-state index in [-0.39, 0.29) is 11.8 Å². The molecule has 0 aromatic heterocycles. The van der Waals surface area contributed by atoms with Gasteiger partial charge in [0, 0.05) is 11.1 Å². The van der Waals surface area contributed by atoms with Gasteiger partial charge in [0.2, 0.25) is 0 Å². The largest absolute Gasteiger partial charge is 0.496 e. The number of carbonyl (C=O) groups is 1. The van der Waals surface area contributed by atoms with Crippen LogP contribution in [0.4, 0.5) is 0 Å². The molecule has 0 radical (unpaired) electrons. The fourth-order valence-electron chi connectivity index (χ4n) is 1.94. The van der Waals surface area contributed by atoms with Crippen molar-refractivity contribution in [3.05, 3.63) is 28.8 Å². The van der Waals surface area contributed by atoms with E-state index in [2.05, 4.69) is 26.8 Å². The van der Waals surface area contributed by atoms with Gasteiger partial charge in [-0.3, -0.25) is 4.79 Å². The van der Waals surface area contributed by atoms with E-state index in [1.54, 1.807) is 7.11 Å². The number of carboxylic acid groups (broad SMARTS) is 1. The second-order valence-electron chi connectivity index (χ2n) is 5.33. The molecule has 1 aromatic carbocycles. The Morgan fingerprint density at radius 1 is 1.35 bits per heavy atom. The highest BCUT2D eigenvalue weighted by atomic mass is 16.5. The number of methoxy groups -OCH3 is 1. The summed E-state index contributed by atoms with van der Waals surface area (Å²) >= 11 is 0. The molecule has 1 rings (SSSR count). The zero-order valence-electron chi connectivity index (χ0n) is 11.1. The molecule has 0 saturated heterocycles. The quantitative estimate of drug-likeness (QED) is 0.877. The van der Waals surface area contributed by atoms with Crippen LogP contribution in [0.15, 0.2) is 12.1 Å². The molecule has 0 aliphatic heterocycles. The molecule has 0 fully saturated rings. The Hall–Kier alpha value is -1.51. The van der Waals surface area contributed by atoms with E-state index in [9.17, 15) is 4.79 Å². The summed E-state index contributed by atoms with van der Waals surface area (Å²) in [6.07, 6.45) is -0.00602. The Labute approximate surface area is 102 Å². The monoisotopic (exact) mass is 236 g/mol. The average Bonchev–Trinajstić information content (AvgIpc) is 2.14. The molecule has 3 nitrogen and oxygen atoms in total. The van der Waals surface area contributed by atoms with E-state index in [1.807, 2.05) is 13.0 Å². The molecule has 0 atom stereocenters. The first-order chi connectivity index (χ1) is 7.75. The van der Waals surface area contributed by atoms with E-state index in [4.69, 9.17) is 9.84 Å². The minimum atomic E-state index is -0.839. The summed E-state index contributed by atoms with van der Waals surface area (Å²) in [6.45, 7) is 8.25. The van der Waals surface area contributed by atoms with Gasteiger partial charge in [-0.1, -0.05) is 38.5 Å². The van der Waals surface area contributed by atoms with E-state index in [1.165, 1.54) is 0 Å². The van der Waals surface area contributed by atoms with Gasteiger partial charge in [-0.2, -0.15) is 0 Å². The van der Waals surface area contributed by atoms with Crippen molar-refractivity contribution in [1.82, 2.24) is 0 Å². The van der Waals surface area contributed by atoms with Gasteiger partial charge in [-0.15, -0.1) is 0 Å². The van der Waals surface area contributed by atoms with Crippen molar-refractivity contribution in [2.75, 3.05) is 7.11 Å². The molecule has 0 saturated carbocycles. The molecular formula is C14H20O3. The van der Waals surface area contributed by atoms with Gasteiger partial charge in [-0.05, 0) is 12.3 Å². The third-order valence-corrected chi connectivity index (χ3v) is 2.66. The minimum absolute atomic E-state index is 0.00602. The summed E-state index contributed by atoms with van der Waals surface area (Å²) in [5, 5.41) is 8.92. The van der Waals surface area contributed by atoms with Crippen molar-refractivity contribution < 1.29 is 14.6 Å². The van der Waals surface area contributed by atoms with Crippen LogP contribution in [0, 0.1) is 6.92 Å². The maximum atomic E-state index is 10.9. The van der Waals surface area contributed by atoms with Crippen LogP contribution in [0.25, 0.3) is 0 Å². The summed E-state index contributed by atoms with van der Waals surface area (Å²) in [4.78, 5) is 10.9. The van der Waals surface area contributed by atoms with Crippen LogP contribution in [0.2, 0.25) is 0 Å². The lowest BCUT2D eigenvalue weighted by Crippen LogP contribution is -2.15. The second kappa shape index (κ2) is 4.78. The SMILES string of the molecule is COc1c(CC(=O)O)cc(C)cc1C(C)(C)C. The predicted molar refractivity (Wildman–Crippen MR) is 67.8 cm³/mol. The first kappa shape index (κ1) is 13.6. The van der Waals surface area contributed by atoms with E-state index in [0.717, 1.165) is 16.7 Å². The van der Waals surface area contributed by atoms with Gasteiger partial charge >= 0.3 is 5.97 Å². The lowest BCUT2D eigenvalue weighted by Gasteiger charge is -2.24. The van der Waals surface area contributed by atoms with Gasteiger partial charge < -0.3 is 9.84 Å². The molecule has 0 unspecified atom stereocenters. The van der Waals surface area contributed by atoms with Crippen molar-refractivity contribution in [2.45, 2.75) is 39.5 Å². The lowest BCUT2D eigenvalue weighted by atomic mass is 9.83. The Morgan fingerprint density at radius 3 is 2.35 bits per heavy atom. The first-order valence-corrected chi connectivity index (χ1v) is 5.65. The van der Waals surface area contributed by atoms with Gasteiger partial charge in [-0.25, -0.2) is 0 Å². The molecule has 17 heavy (non-hydrogen) atoms. The second-order valence-corrected chi connectivity index (χ2v) is 5.33. The molecule has 3 heteroatoms. The molecule has 0 heterocycles. The first-order valence-electron chi connectivity index (χ1n) is 5.65. The van der Waals surface area contributed by atoms with Crippen molar-refractivity contribution in [2.24, 2.45) is 0 Å². The fourth-order valence-corrected chi connectivity index (χ4v) is 1.94. The zero-order chi connectivity index (χ0) is 13.2. The molecule has 1 aromatic rings. The van der Waals surface area contributed by atoms with Crippen LogP contribution < -0.4 is 4.74 Å². The van der Waals surface area contributed by atoms with Crippen molar-refractivity contribution in [3.63, 3.8) is 0 Å². The maximum absolute atomic E-state index is 10.9. The molecule has 94 valence electrons. The molecule has 1 N–H and O–H groups in total. The van der Waals surface area contributed by atoms with Crippen molar-refractivity contribution in [3.8, 4) is 5.75 Å². The molecule has 0 aliphatic carbocycles. The molecule has 0 bridgehead atoms. The number of hydrogen-bond acceptors (Lipinski definition) is 2. The van der Waals surface area contributed by atoms with E-state index in [0.29, 0.717) is 5.75 Å². The lowest BCUT2D eigenvalue weighted by molar-refractivity contribution is -0.136. The van der Waals surface area contributed by atoms with Crippen LogP contribution in [0.3, 0.4) is 0 Å². The van der Waals surface area contributed by atoms with Crippen LogP contribution in [-0.4, -0.2) is 18.2 Å². The smallest absolute Gasteiger partial charge is 0.307 e. The average molecular weight is 236 g/mol. The van der Waals surface area contributed by atoms with Gasteiger partial charge in [0.25, 0.3) is 0 Å². The number of ether oxygens (including phenoxy) is 1. The molecule has 0 aliphatic rings. The Bertz CT molecular complexity index is 428. The Morgan fingerprint density at radius 2 is 1.94 bits per heavy atom. The molecule has 0 spiro atoms. The Balaban J connectivity index is 3.40. The summed E-state index contributed by atoms with van der Waals surface area (Å²) in [5.41, 5.74) is 2.79. The van der Waals surface area contributed by atoms with E-state index >= 15 is 0 Å².